The zero-order chi connectivity index (χ0) is 13.8. The molecule has 0 bridgehead atoms. The van der Waals surface area contributed by atoms with E-state index in [0.29, 0.717) is 16.3 Å². The summed E-state index contributed by atoms with van der Waals surface area (Å²) >= 11 is 3.24. The molecule has 104 valence electrons. The van der Waals surface area contributed by atoms with Gasteiger partial charge in [-0.2, -0.15) is 0 Å². The van der Waals surface area contributed by atoms with Crippen molar-refractivity contribution in [2.24, 2.45) is 0 Å². The molecule has 0 atom stereocenters. The first kappa shape index (κ1) is 14.3. The fourth-order valence-electron chi connectivity index (χ4n) is 2.09. The molecule has 0 unspecified atom stereocenters. The number of ether oxygens (including phenoxy) is 1. The van der Waals surface area contributed by atoms with Crippen molar-refractivity contribution in [1.82, 2.24) is 5.32 Å². The molecule has 2 rings (SSSR count). The van der Waals surface area contributed by atoms with Crippen molar-refractivity contribution in [3.8, 4) is 5.75 Å². The Morgan fingerprint density at radius 1 is 1.53 bits per heavy atom. The number of hydrogen-bond acceptors (Lipinski definition) is 4. The summed E-state index contributed by atoms with van der Waals surface area (Å²) in [6, 6.07) is 5.37. The highest BCUT2D eigenvalue weighted by atomic mass is 79.9. The SMILES string of the molecule is CCCNC1CC(Oc2cccc([N+](=O)[O-])c2Br)C1. The minimum absolute atomic E-state index is 0.0393. The second-order valence-corrected chi connectivity index (χ2v) is 5.50. The molecule has 1 saturated carbocycles. The molecule has 1 aliphatic rings. The number of nitrogens with zero attached hydrogens (tertiary/aromatic N) is 1. The van der Waals surface area contributed by atoms with Crippen LogP contribution in [0.4, 0.5) is 5.69 Å². The Morgan fingerprint density at radius 3 is 2.89 bits per heavy atom. The summed E-state index contributed by atoms with van der Waals surface area (Å²) in [4.78, 5) is 10.4. The van der Waals surface area contributed by atoms with Gasteiger partial charge in [0.15, 0.2) is 0 Å². The van der Waals surface area contributed by atoms with Crippen LogP contribution in [-0.2, 0) is 0 Å². The van der Waals surface area contributed by atoms with Gasteiger partial charge in [0.1, 0.15) is 16.3 Å². The maximum atomic E-state index is 10.8. The highest BCUT2D eigenvalue weighted by Crippen LogP contribution is 2.36. The first-order chi connectivity index (χ1) is 9.11. The van der Waals surface area contributed by atoms with E-state index in [2.05, 4.69) is 28.2 Å². The van der Waals surface area contributed by atoms with Crippen molar-refractivity contribution in [1.29, 1.82) is 0 Å². The lowest BCUT2D eigenvalue weighted by molar-refractivity contribution is -0.385. The summed E-state index contributed by atoms with van der Waals surface area (Å²) in [5.74, 6) is 0.549. The topological polar surface area (TPSA) is 64.4 Å². The lowest BCUT2D eigenvalue weighted by Crippen LogP contribution is -2.47. The molecule has 0 spiro atoms. The lowest BCUT2D eigenvalue weighted by Gasteiger charge is -2.36. The van der Waals surface area contributed by atoms with Crippen LogP contribution in [-0.4, -0.2) is 23.6 Å². The molecule has 1 N–H and O–H groups in total. The molecule has 0 aromatic heterocycles. The van der Waals surface area contributed by atoms with Crippen LogP contribution in [0.2, 0.25) is 0 Å². The average Bonchev–Trinajstić information content (AvgIpc) is 2.33. The van der Waals surface area contributed by atoms with Crippen molar-refractivity contribution >= 4 is 21.6 Å². The van der Waals surface area contributed by atoms with Gasteiger partial charge in [-0.1, -0.05) is 13.0 Å². The van der Waals surface area contributed by atoms with Crippen molar-refractivity contribution in [2.45, 2.75) is 38.3 Å². The number of nitro benzene ring substituents is 1. The van der Waals surface area contributed by atoms with Crippen LogP contribution in [0.1, 0.15) is 26.2 Å². The minimum Gasteiger partial charge on any atom is -0.489 e. The van der Waals surface area contributed by atoms with E-state index in [1.807, 2.05) is 0 Å². The number of rotatable bonds is 6. The van der Waals surface area contributed by atoms with Gasteiger partial charge in [-0.05, 0) is 47.8 Å². The van der Waals surface area contributed by atoms with Crippen molar-refractivity contribution in [3.05, 3.63) is 32.8 Å². The Bertz CT molecular complexity index is 461. The van der Waals surface area contributed by atoms with E-state index in [9.17, 15) is 10.1 Å². The molecule has 0 saturated heterocycles. The lowest BCUT2D eigenvalue weighted by atomic mass is 9.89. The molecule has 0 aliphatic heterocycles. The van der Waals surface area contributed by atoms with Gasteiger partial charge in [0.05, 0.1) is 4.92 Å². The second kappa shape index (κ2) is 6.34. The van der Waals surface area contributed by atoms with E-state index in [1.165, 1.54) is 6.07 Å². The summed E-state index contributed by atoms with van der Waals surface area (Å²) in [6.45, 7) is 3.16. The molecule has 5 nitrogen and oxygen atoms in total. The van der Waals surface area contributed by atoms with E-state index < -0.39 is 4.92 Å². The first-order valence-corrected chi connectivity index (χ1v) is 7.24. The maximum absolute atomic E-state index is 10.8. The Labute approximate surface area is 120 Å². The van der Waals surface area contributed by atoms with E-state index in [-0.39, 0.29) is 11.8 Å². The van der Waals surface area contributed by atoms with Crippen LogP contribution in [0.3, 0.4) is 0 Å². The normalized spacial score (nSPS) is 21.8. The Hall–Kier alpha value is -1.14. The van der Waals surface area contributed by atoms with E-state index in [4.69, 9.17) is 4.74 Å². The van der Waals surface area contributed by atoms with Gasteiger partial charge >= 0.3 is 0 Å². The van der Waals surface area contributed by atoms with Crippen LogP contribution < -0.4 is 10.1 Å². The number of nitrogens with one attached hydrogen (secondary N) is 1. The van der Waals surface area contributed by atoms with Gasteiger partial charge in [-0.25, -0.2) is 0 Å². The van der Waals surface area contributed by atoms with E-state index >= 15 is 0 Å². The van der Waals surface area contributed by atoms with Crippen LogP contribution >= 0.6 is 15.9 Å². The highest BCUT2D eigenvalue weighted by Gasteiger charge is 2.31. The van der Waals surface area contributed by atoms with Gasteiger partial charge in [0, 0.05) is 12.1 Å². The average molecular weight is 329 g/mol. The summed E-state index contributed by atoms with van der Waals surface area (Å²) in [7, 11) is 0. The molecule has 1 aromatic carbocycles. The Morgan fingerprint density at radius 2 is 2.26 bits per heavy atom. The predicted molar refractivity (Wildman–Crippen MR) is 76.5 cm³/mol. The van der Waals surface area contributed by atoms with Gasteiger partial charge < -0.3 is 10.1 Å². The van der Waals surface area contributed by atoms with E-state index in [1.54, 1.807) is 12.1 Å². The number of benzene rings is 1. The molecule has 19 heavy (non-hydrogen) atoms. The molecule has 0 amide bonds. The van der Waals surface area contributed by atoms with Gasteiger partial charge in [0.25, 0.3) is 5.69 Å². The third-order valence-corrected chi connectivity index (χ3v) is 4.01. The monoisotopic (exact) mass is 328 g/mol. The summed E-state index contributed by atoms with van der Waals surface area (Å²) in [6.07, 6.45) is 3.18. The van der Waals surface area contributed by atoms with Crippen molar-refractivity contribution < 1.29 is 9.66 Å². The maximum Gasteiger partial charge on any atom is 0.287 e. The molecule has 1 aromatic rings. The van der Waals surface area contributed by atoms with Crippen LogP contribution in [0, 0.1) is 10.1 Å². The zero-order valence-electron chi connectivity index (χ0n) is 10.8. The molecule has 1 fully saturated rings. The molecular formula is C13H17BrN2O3. The first-order valence-electron chi connectivity index (χ1n) is 6.44. The largest absolute Gasteiger partial charge is 0.489 e. The molecule has 6 heteroatoms. The number of halogens is 1. The summed E-state index contributed by atoms with van der Waals surface area (Å²) in [5, 5.41) is 14.3. The third kappa shape index (κ3) is 3.45. The fraction of sp³-hybridized carbons (Fsp3) is 0.538. The fourth-order valence-corrected chi connectivity index (χ4v) is 2.59. The van der Waals surface area contributed by atoms with E-state index in [0.717, 1.165) is 25.8 Å². The molecule has 1 aliphatic carbocycles. The highest BCUT2D eigenvalue weighted by molar-refractivity contribution is 9.10. The Kier molecular flexibility index (Phi) is 4.76. The molecular weight excluding hydrogens is 312 g/mol. The van der Waals surface area contributed by atoms with Crippen LogP contribution in [0.25, 0.3) is 0 Å². The van der Waals surface area contributed by atoms with Gasteiger partial charge in [-0.3, -0.25) is 10.1 Å². The zero-order valence-corrected chi connectivity index (χ0v) is 12.4. The number of hydrogen-bond donors (Lipinski definition) is 1. The summed E-state index contributed by atoms with van der Waals surface area (Å²) in [5.41, 5.74) is 0.0393. The number of nitro groups is 1. The minimum atomic E-state index is -0.413. The second-order valence-electron chi connectivity index (χ2n) is 4.71. The predicted octanol–water partition coefficient (Wildman–Crippen LogP) is 3.27. The smallest absolute Gasteiger partial charge is 0.287 e. The quantitative estimate of drug-likeness (QED) is 0.643. The van der Waals surface area contributed by atoms with Gasteiger partial charge in [-0.15, -0.1) is 0 Å². The van der Waals surface area contributed by atoms with Crippen molar-refractivity contribution in [3.63, 3.8) is 0 Å². The van der Waals surface area contributed by atoms with Crippen LogP contribution in [0.5, 0.6) is 5.75 Å². The standard InChI is InChI=1S/C13H17BrN2O3/c1-2-6-15-9-7-10(8-9)19-12-5-3-4-11(13(12)14)16(17)18/h3-5,9-10,15H,2,6-8H2,1H3. The molecule has 0 radical (unpaired) electrons. The Balaban J connectivity index is 1.91. The van der Waals surface area contributed by atoms with Gasteiger partial charge in [0.2, 0.25) is 0 Å². The van der Waals surface area contributed by atoms with Crippen LogP contribution in [0.15, 0.2) is 22.7 Å². The third-order valence-electron chi connectivity index (χ3n) is 3.21. The molecule has 0 heterocycles. The van der Waals surface area contributed by atoms with Crippen molar-refractivity contribution in [2.75, 3.05) is 6.54 Å². The summed E-state index contributed by atoms with van der Waals surface area (Å²) < 4.78 is 6.21.